The largest absolute Gasteiger partial charge is 0.355 e. The quantitative estimate of drug-likeness (QED) is 0.209. The van der Waals surface area contributed by atoms with E-state index in [1.807, 2.05) is 20.8 Å². The van der Waals surface area contributed by atoms with Crippen molar-refractivity contribution in [1.82, 2.24) is 21.3 Å². The third-order valence-electron chi connectivity index (χ3n) is 2.98. The molecule has 0 spiro atoms. The highest BCUT2D eigenvalue weighted by molar-refractivity contribution is 14.0. The summed E-state index contributed by atoms with van der Waals surface area (Å²) in [6, 6.07) is 6.86. The monoisotopic (exact) mass is 495 g/mol. The van der Waals surface area contributed by atoms with Crippen molar-refractivity contribution in [3.05, 3.63) is 34.9 Å². The second-order valence-electron chi connectivity index (χ2n) is 6.39. The van der Waals surface area contributed by atoms with E-state index in [0.29, 0.717) is 29.6 Å². The topological polar surface area (TPSA) is 94.6 Å². The van der Waals surface area contributed by atoms with Gasteiger partial charge in [0.25, 0.3) is 5.91 Å². The standard InChI is InChI=1S/C17H26ClN5O2.HI/c1-17(2,3)23-14(24)11-22-16(19-4)21-10-9-20-15(25)12-7-5-6-8-13(12)18;/h5-8H,9-11H2,1-4H3,(H,20,25)(H,23,24)(H2,19,21,22);1H. The molecule has 0 atom stereocenters. The first kappa shape index (κ1) is 24.5. The lowest BCUT2D eigenvalue weighted by Gasteiger charge is -2.21. The van der Waals surface area contributed by atoms with Gasteiger partial charge in [-0.25, -0.2) is 0 Å². The molecule has 1 aromatic rings. The highest BCUT2D eigenvalue weighted by atomic mass is 127. The van der Waals surface area contributed by atoms with E-state index in [2.05, 4.69) is 26.3 Å². The molecule has 0 bridgehead atoms. The van der Waals surface area contributed by atoms with Gasteiger partial charge in [-0.1, -0.05) is 23.7 Å². The van der Waals surface area contributed by atoms with Crippen molar-refractivity contribution in [3.63, 3.8) is 0 Å². The number of carbonyl (C=O) groups excluding carboxylic acids is 2. The number of hydrogen-bond donors (Lipinski definition) is 4. The number of nitrogens with one attached hydrogen (secondary N) is 4. The lowest BCUT2D eigenvalue weighted by Crippen LogP contribution is -2.48. The SMILES string of the molecule is CN=C(NCCNC(=O)c1ccccc1Cl)NCC(=O)NC(C)(C)C.I. The molecule has 1 rings (SSSR count). The van der Waals surface area contributed by atoms with Crippen LogP contribution in [-0.2, 0) is 4.79 Å². The van der Waals surface area contributed by atoms with Gasteiger partial charge in [-0.15, -0.1) is 24.0 Å². The summed E-state index contributed by atoms with van der Waals surface area (Å²) in [5.74, 6) is 0.124. The van der Waals surface area contributed by atoms with Crippen LogP contribution < -0.4 is 21.3 Å². The van der Waals surface area contributed by atoms with Crippen LogP contribution in [0.3, 0.4) is 0 Å². The van der Waals surface area contributed by atoms with Gasteiger partial charge in [0.05, 0.1) is 17.1 Å². The summed E-state index contributed by atoms with van der Waals surface area (Å²) in [5.41, 5.74) is 0.157. The maximum absolute atomic E-state index is 12.0. The molecule has 146 valence electrons. The Balaban J connectivity index is 0.00000625. The summed E-state index contributed by atoms with van der Waals surface area (Å²) in [6.07, 6.45) is 0. The molecule has 2 amide bonds. The Bertz CT molecular complexity index is 632. The number of guanidine groups is 1. The fraction of sp³-hybridized carbons (Fsp3) is 0.471. The molecule has 4 N–H and O–H groups in total. The van der Waals surface area contributed by atoms with Gasteiger partial charge in [0, 0.05) is 25.7 Å². The van der Waals surface area contributed by atoms with E-state index >= 15 is 0 Å². The highest BCUT2D eigenvalue weighted by Crippen LogP contribution is 2.14. The van der Waals surface area contributed by atoms with Crippen LogP contribution in [0.5, 0.6) is 0 Å². The molecule has 0 saturated carbocycles. The number of nitrogens with zero attached hydrogens (tertiary/aromatic N) is 1. The van der Waals surface area contributed by atoms with Crippen molar-refractivity contribution in [2.75, 3.05) is 26.7 Å². The molecule has 0 aliphatic carbocycles. The van der Waals surface area contributed by atoms with Crippen LogP contribution >= 0.6 is 35.6 Å². The number of carbonyl (C=O) groups is 2. The van der Waals surface area contributed by atoms with Crippen LogP contribution in [0.4, 0.5) is 0 Å². The lowest BCUT2D eigenvalue weighted by atomic mass is 10.1. The summed E-state index contributed by atoms with van der Waals surface area (Å²) in [7, 11) is 1.61. The maximum Gasteiger partial charge on any atom is 0.252 e. The summed E-state index contributed by atoms with van der Waals surface area (Å²) < 4.78 is 0. The molecule has 1 aromatic carbocycles. The zero-order chi connectivity index (χ0) is 18.9. The van der Waals surface area contributed by atoms with Gasteiger partial charge in [-0.3, -0.25) is 14.6 Å². The third-order valence-corrected chi connectivity index (χ3v) is 3.31. The molecular weight excluding hydrogens is 469 g/mol. The van der Waals surface area contributed by atoms with Gasteiger partial charge in [-0.2, -0.15) is 0 Å². The first-order chi connectivity index (χ1) is 11.7. The van der Waals surface area contributed by atoms with Crippen LogP contribution in [-0.4, -0.2) is 50.0 Å². The Kier molecular flexibility index (Phi) is 11.2. The Labute approximate surface area is 176 Å². The van der Waals surface area contributed by atoms with E-state index in [4.69, 9.17) is 11.6 Å². The van der Waals surface area contributed by atoms with Crippen LogP contribution in [0, 0.1) is 0 Å². The normalized spacial score (nSPS) is 11.2. The number of hydrogen-bond acceptors (Lipinski definition) is 3. The zero-order valence-corrected chi connectivity index (χ0v) is 18.6. The number of rotatable bonds is 6. The van der Waals surface area contributed by atoms with Crippen molar-refractivity contribution in [2.24, 2.45) is 4.99 Å². The fourth-order valence-corrected chi connectivity index (χ4v) is 2.17. The fourth-order valence-electron chi connectivity index (χ4n) is 1.94. The van der Waals surface area contributed by atoms with E-state index in [9.17, 15) is 9.59 Å². The van der Waals surface area contributed by atoms with E-state index < -0.39 is 0 Å². The molecule has 26 heavy (non-hydrogen) atoms. The van der Waals surface area contributed by atoms with Gasteiger partial charge in [0.1, 0.15) is 0 Å². The second-order valence-corrected chi connectivity index (χ2v) is 6.79. The molecule has 7 nitrogen and oxygen atoms in total. The molecule has 9 heteroatoms. The molecule has 0 aromatic heterocycles. The minimum absolute atomic E-state index is 0. The van der Waals surface area contributed by atoms with Crippen LogP contribution in [0.25, 0.3) is 0 Å². The molecule has 0 aliphatic rings. The van der Waals surface area contributed by atoms with Crippen molar-refractivity contribution in [2.45, 2.75) is 26.3 Å². The summed E-state index contributed by atoms with van der Waals surface area (Å²) in [5, 5.41) is 12.0. The van der Waals surface area contributed by atoms with Gasteiger partial charge in [-0.05, 0) is 32.9 Å². The predicted molar refractivity (Wildman–Crippen MR) is 116 cm³/mol. The average molecular weight is 496 g/mol. The zero-order valence-electron chi connectivity index (χ0n) is 15.5. The van der Waals surface area contributed by atoms with Crippen molar-refractivity contribution in [3.8, 4) is 0 Å². The minimum Gasteiger partial charge on any atom is -0.355 e. The Morgan fingerprint density at radius 3 is 2.27 bits per heavy atom. The first-order valence-electron chi connectivity index (χ1n) is 8.01. The van der Waals surface area contributed by atoms with Gasteiger partial charge in [0.2, 0.25) is 5.91 Å². The Morgan fingerprint density at radius 2 is 1.69 bits per heavy atom. The molecular formula is C17H27ClIN5O2. The van der Waals surface area contributed by atoms with E-state index in [1.54, 1.807) is 31.3 Å². The smallest absolute Gasteiger partial charge is 0.252 e. The third kappa shape index (κ3) is 9.81. The molecule has 0 fully saturated rings. The average Bonchev–Trinajstić information content (AvgIpc) is 2.52. The van der Waals surface area contributed by atoms with Crippen molar-refractivity contribution < 1.29 is 9.59 Å². The van der Waals surface area contributed by atoms with E-state index in [0.717, 1.165) is 0 Å². The van der Waals surface area contributed by atoms with Crippen LogP contribution in [0.1, 0.15) is 31.1 Å². The summed E-state index contributed by atoms with van der Waals surface area (Å²) >= 11 is 5.98. The van der Waals surface area contributed by atoms with Gasteiger partial charge in [0.15, 0.2) is 5.96 Å². The van der Waals surface area contributed by atoms with Crippen molar-refractivity contribution >= 4 is 53.4 Å². The number of aliphatic imine (C=N–C) groups is 1. The second kappa shape index (κ2) is 11.9. The van der Waals surface area contributed by atoms with E-state index in [-0.39, 0.29) is 47.9 Å². The van der Waals surface area contributed by atoms with Crippen LogP contribution in [0.15, 0.2) is 29.3 Å². The van der Waals surface area contributed by atoms with Crippen LogP contribution in [0.2, 0.25) is 5.02 Å². The number of amides is 2. The molecule has 0 heterocycles. The van der Waals surface area contributed by atoms with Gasteiger partial charge >= 0.3 is 0 Å². The minimum atomic E-state index is -0.279. The predicted octanol–water partition coefficient (Wildman–Crippen LogP) is 1.77. The Hall–Kier alpha value is -1.55. The molecule has 0 saturated heterocycles. The lowest BCUT2D eigenvalue weighted by molar-refractivity contribution is -0.121. The number of halogens is 2. The Morgan fingerprint density at radius 1 is 1.08 bits per heavy atom. The summed E-state index contributed by atoms with van der Waals surface area (Å²) in [4.78, 5) is 27.8. The van der Waals surface area contributed by atoms with Crippen molar-refractivity contribution in [1.29, 1.82) is 0 Å². The maximum atomic E-state index is 12.0. The molecule has 0 aliphatic heterocycles. The number of benzene rings is 1. The van der Waals surface area contributed by atoms with E-state index in [1.165, 1.54) is 0 Å². The first-order valence-corrected chi connectivity index (χ1v) is 8.39. The molecule has 0 unspecified atom stereocenters. The summed E-state index contributed by atoms with van der Waals surface area (Å²) in [6.45, 7) is 6.71. The highest BCUT2D eigenvalue weighted by Gasteiger charge is 2.13. The molecule has 0 radical (unpaired) electrons. The van der Waals surface area contributed by atoms with Gasteiger partial charge < -0.3 is 21.3 Å².